The molecule has 3 rings (SSSR count). The summed E-state index contributed by atoms with van der Waals surface area (Å²) in [4.78, 5) is 8.47. The number of thiazole rings is 1. The third-order valence-corrected chi connectivity index (χ3v) is 5.25. The predicted octanol–water partition coefficient (Wildman–Crippen LogP) is 3.33. The van der Waals surface area contributed by atoms with Crippen molar-refractivity contribution < 1.29 is 4.74 Å². The molecule has 1 fully saturated rings. The molecule has 0 N–H and O–H groups in total. The largest absolute Gasteiger partial charge is 0.378 e. The molecule has 0 aliphatic carbocycles. The smallest absolute Gasteiger partial charge is 0.186 e. The molecule has 5 heteroatoms. The molecule has 0 radical (unpaired) electrons. The van der Waals surface area contributed by atoms with E-state index in [9.17, 15) is 0 Å². The molecule has 18 heavy (non-hydrogen) atoms. The summed E-state index contributed by atoms with van der Waals surface area (Å²) in [5.74, 6) is 0. The molecule has 0 aromatic carbocycles. The Balaban J connectivity index is 1.87. The molecule has 0 bridgehead atoms. The van der Waals surface area contributed by atoms with E-state index in [1.54, 1.807) is 22.7 Å². The van der Waals surface area contributed by atoms with Crippen LogP contribution in [0.3, 0.4) is 0 Å². The van der Waals surface area contributed by atoms with E-state index in [1.165, 1.54) is 16.0 Å². The Morgan fingerprint density at radius 2 is 1.94 bits per heavy atom. The number of hydrogen-bond donors (Lipinski definition) is 0. The van der Waals surface area contributed by atoms with E-state index in [0.717, 1.165) is 37.1 Å². The standard InChI is InChI=1S/C13H16N2OS2/c1-9-10(2)17-7-11(9)12-8-18-13(14-12)15-3-5-16-6-4-15/h7-8H,3-6H2,1-2H3. The van der Waals surface area contributed by atoms with Crippen molar-refractivity contribution >= 4 is 27.8 Å². The van der Waals surface area contributed by atoms with Crippen LogP contribution in [-0.2, 0) is 4.74 Å². The van der Waals surface area contributed by atoms with Crippen LogP contribution < -0.4 is 4.90 Å². The summed E-state index contributed by atoms with van der Waals surface area (Å²) in [6.45, 7) is 7.87. The van der Waals surface area contributed by atoms with Crippen LogP contribution in [-0.4, -0.2) is 31.3 Å². The van der Waals surface area contributed by atoms with Gasteiger partial charge in [-0.3, -0.25) is 0 Å². The molecular formula is C13H16N2OS2. The van der Waals surface area contributed by atoms with Crippen LogP contribution in [0.1, 0.15) is 10.4 Å². The topological polar surface area (TPSA) is 25.4 Å². The SMILES string of the molecule is Cc1scc(-c2csc(N3CCOCC3)n2)c1C. The second-order valence-corrected chi connectivity index (χ2v) is 6.37. The molecule has 3 heterocycles. The lowest BCUT2D eigenvalue weighted by molar-refractivity contribution is 0.122. The lowest BCUT2D eigenvalue weighted by Gasteiger charge is -2.26. The van der Waals surface area contributed by atoms with Crippen LogP contribution >= 0.6 is 22.7 Å². The molecule has 1 saturated heterocycles. The van der Waals surface area contributed by atoms with E-state index in [2.05, 4.69) is 29.5 Å². The van der Waals surface area contributed by atoms with Gasteiger partial charge in [-0.2, -0.15) is 0 Å². The van der Waals surface area contributed by atoms with Crippen LogP contribution in [0.25, 0.3) is 11.3 Å². The second-order valence-electron chi connectivity index (χ2n) is 4.45. The van der Waals surface area contributed by atoms with Gasteiger partial charge in [0.05, 0.1) is 18.9 Å². The molecule has 0 atom stereocenters. The van der Waals surface area contributed by atoms with Gasteiger partial charge in [-0.25, -0.2) is 4.98 Å². The summed E-state index contributed by atoms with van der Waals surface area (Å²) in [5.41, 5.74) is 3.76. The monoisotopic (exact) mass is 280 g/mol. The number of ether oxygens (including phenoxy) is 1. The number of morpholine rings is 1. The molecule has 2 aromatic heterocycles. The molecule has 3 nitrogen and oxygen atoms in total. The predicted molar refractivity (Wildman–Crippen MR) is 77.9 cm³/mol. The Morgan fingerprint density at radius 1 is 1.17 bits per heavy atom. The van der Waals surface area contributed by atoms with Gasteiger partial charge in [0.2, 0.25) is 0 Å². The van der Waals surface area contributed by atoms with E-state index in [4.69, 9.17) is 9.72 Å². The zero-order chi connectivity index (χ0) is 12.5. The van der Waals surface area contributed by atoms with Crippen molar-refractivity contribution in [2.24, 2.45) is 0 Å². The number of rotatable bonds is 2. The third kappa shape index (κ3) is 2.18. The molecule has 1 aliphatic heterocycles. The maximum absolute atomic E-state index is 5.37. The van der Waals surface area contributed by atoms with Crippen LogP contribution in [0, 0.1) is 13.8 Å². The maximum Gasteiger partial charge on any atom is 0.186 e. The van der Waals surface area contributed by atoms with E-state index < -0.39 is 0 Å². The number of nitrogens with zero attached hydrogens (tertiary/aromatic N) is 2. The van der Waals surface area contributed by atoms with Crippen LogP contribution in [0.2, 0.25) is 0 Å². The Labute approximate surface area is 115 Å². The third-order valence-electron chi connectivity index (χ3n) is 3.34. The lowest BCUT2D eigenvalue weighted by Crippen LogP contribution is -2.36. The molecule has 1 aliphatic rings. The van der Waals surface area contributed by atoms with Crippen LogP contribution in [0.4, 0.5) is 5.13 Å². The van der Waals surface area contributed by atoms with Gasteiger partial charge in [-0.15, -0.1) is 22.7 Å². The fourth-order valence-corrected chi connectivity index (χ4v) is 3.81. The van der Waals surface area contributed by atoms with Gasteiger partial charge in [-0.05, 0) is 19.4 Å². The Kier molecular flexibility index (Phi) is 3.37. The number of aromatic nitrogens is 1. The number of aryl methyl sites for hydroxylation is 1. The minimum Gasteiger partial charge on any atom is -0.378 e. The Bertz CT molecular complexity index is 541. The van der Waals surface area contributed by atoms with E-state index >= 15 is 0 Å². The van der Waals surface area contributed by atoms with Gasteiger partial charge in [0.1, 0.15) is 0 Å². The minimum atomic E-state index is 0.811. The maximum atomic E-state index is 5.37. The zero-order valence-corrected chi connectivity index (χ0v) is 12.2. The van der Waals surface area contributed by atoms with Gasteiger partial charge in [0.25, 0.3) is 0 Å². The zero-order valence-electron chi connectivity index (χ0n) is 10.6. The first-order chi connectivity index (χ1) is 8.75. The van der Waals surface area contributed by atoms with Crippen molar-refractivity contribution in [3.63, 3.8) is 0 Å². The number of hydrogen-bond acceptors (Lipinski definition) is 5. The Morgan fingerprint density at radius 3 is 2.61 bits per heavy atom. The summed E-state index contributed by atoms with van der Waals surface area (Å²) in [6, 6.07) is 0. The summed E-state index contributed by atoms with van der Waals surface area (Å²) in [6.07, 6.45) is 0. The van der Waals surface area contributed by atoms with E-state index in [0.29, 0.717) is 0 Å². The highest BCUT2D eigenvalue weighted by atomic mass is 32.1. The van der Waals surface area contributed by atoms with Crippen molar-refractivity contribution in [3.05, 3.63) is 21.2 Å². The van der Waals surface area contributed by atoms with Crippen molar-refractivity contribution in [3.8, 4) is 11.3 Å². The first-order valence-corrected chi connectivity index (χ1v) is 7.85. The summed E-state index contributed by atoms with van der Waals surface area (Å²) < 4.78 is 5.37. The molecule has 0 unspecified atom stereocenters. The highest BCUT2D eigenvalue weighted by Crippen LogP contribution is 2.33. The second kappa shape index (κ2) is 4.99. The van der Waals surface area contributed by atoms with Gasteiger partial charge >= 0.3 is 0 Å². The molecular weight excluding hydrogens is 264 g/mol. The average molecular weight is 280 g/mol. The van der Waals surface area contributed by atoms with Crippen LogP contribution in [0.5, 0.6) is 0 Å². The van der Waals surface area contributed by atoms with Gasteiger partial charge in [0.15, 0.2) is 5.13 Å². The summed E-state index contributed by atoms with van der Waals surface area (Å²) >= 11 is 3.53. The molecule has 96 valence electrons. The summed E-state index contributed by atoms with van der Waals surface area (Å²) in [7, 11) is 0. The van der Waals surface area contributed by atoms with Gasteiger partial charge < -0.3 is 9.64 Å². The van der Waals surface area contributed by atoms with Crippen molar-refractivity contribution in [2.45, 2.75) is 13.8 Å². The first kappa shape index (κ1) is 12.1. The molecule has 0 amide bonds. The summed E-state index contributed by atoms with van der Waals surface area (Å²) in [5, 5.41) is 5.50. The fourth-order valence-electron chi connectivity index (χ4n) is 2.05. The molecule has 2 aromatic rings. The highest BCUT2D eigenvalue weighted by Gasteiger charge is 2.16. The normalized spacial score (nSPS) is 16.2. The number of anilines is 1. The highest BCUT2D eigenvalue weighted by molar-refractivity contribution is 7.14. The van der Waals surface area contributed by atoms with Gasteiger partial charge in [0, 0.05) is 34.3 Å². The minimum absolute atomic E-state index is 0.811. The molecule has 0 spiro atoms. The van der Waals surface area contributed by atoms with Crippen molar-refractivity contribution in [1.29, 1.82) is 0 Å². The Hall–Kier alpha value is -0.910. The van der Waals surface area contributed by atoms with Crippen molar-refractivity contribution in [1.82, 2.24) is 4.98 Å². The van der Waals surface area contributed by atoms with Crippen molar-refractivity contribution in [2.75, 3.05) is 31.2 Å². The van der Waals surface area contributed by atoms with Gasteiger partial charge in [-0.1, -0.05) is 0 Å². The lowest BCUT2D eigenvalue weighted by atomic mass is 10.1. The van der Waals surface area contributed by atoms with E-state index in [-0.39, 0.29) is 0 Å². The number of thiophene rings is 1. The molecule has 0 saturated carbocycles. The average Bonchev–Trinajstić information content (AvgIpc) is 3.00. The quantitative estimate of drug-likeness (QED) is 0.844. The first-order valence-electron chi connectivity index (χ1n) is 6.09. The van der Waals surface area contributed by atoms with Crippen LogP contribution in [0.15, 0.2) is 10.8 Å². The van der Waals surface area contributed by atoms with E-state index in [1.807, 2.05) is 0 Å². The fraction of sp³-hybridized carbons (Fsp3) is 0.462.